The summed E-state index contributed by atoms with van der Waals surface area (Å²) in [4.78, 5) is 4.72. The van der Waals surface area contributed by atoms with Gasteiger partial charge in [0.05, 0.1) is 0 Å². The van der Waals surface area contributed by atoms with Crippen molar-refractivity contribution in [3.63, 3.8) is 0 Å². The zero-order valence-corrected chi connectivity index (χ0v) is 6.87. The molecule has 11 heavy (non-hydrogen) atoms. The molecule has 2 N–H and O–H groups in total. The molecule has 0 amide bonds. The van der Waals surface area contributed by atoms with E-state index < -0.39 is 0 Å². The maximum Gasteiger partial charge on any atom is 0.101 e. The van der Waals surface area contributed by atoms with Gasteiger partial charge in [0.25, 0.3) is 0 Å². The lowest BCUT2D eigenvalue weighted by molar-refractivity contribution is 0.0660. The van der Waals surface area contributed by atoms with E-state index in [-0.39, 0.29) is 6.10 Å². The van der Waals surface area contributed by atoms with E-state index in [1.54, 1.807) is 0 Å². The van der Waals surface area contributed by atoms with Crippen LogP contribution in [0, 0.1) is 6.92 Å². The van der Waals surface area contributed by atoms with Gasteiger partial charge in [-0.2, -0.15) is 0 Å². The molecular formula is C9H13NO. The Morgan fingerprint density at radius 1 is 1.36 bits per heavy atom. The van der Waals surface area contributed by atoms with Gasteiger partial charge in [0.1, 0.15) is 6.10 Å². The average molecular weight is 151 g/mol. The summed E-state index contributed by atoms with van der Waals surface area (Å²) < 4.78 is 0. The molecule has 0 aliphatic carbocycles. The van der Waals surface area contributed by atoms with Crippen molar-refractivity contribution in [2.75, 3.05) is 0 Å². The van der Waals surface area contributed by atoms with Crippen LogP contribution < -0.4 is 5.90 Å². The summed E-state index contributed by atoms with van der Waals surface area (Å²) in [6.07, 6.45) is -0.0174. The van der Waals surface area contributed by atoms with Crippen LogP contribution in [-0.2, 0) is 4.84 Å². The number of rotatable bonds is 2. The fourth-order valence-electron chi connectivity index (χ4n) is 1.12. The second-order valence-corrected chi connectivity index (χ2v) is 2.63. The fraction of sp³-hybridized carbons (Fsp3) is 0.333. The molecule has 0 bridgehead atoms. The second-order valence-electron chi connectivity index (χ2n) is 2.63. The highest BCUT2D eigenvalue weighted by molar-refractivity contribution is 5.27. The smallest absolute Gasteiger partial charge is 0.101 e. The summed E-state index contributed by atoms with van der Waals surface area (Å²) in [6, 6.07) is 8.05. The maximum absolute atomic E-state index is 5.07. The summed E-state index contributed by atoms with van der Waals surface area (Å²) in [5.74, 6) is 5.07. The van der Waals surface area contributed by atoms with E-state index in [2.05, 4.69) is 0 Å². The predicted octanol–water partition coefficient (Wildman–Crippen LogP) is 1.95. The van der Waals surface area contributed by atoms with Crippen molar-refractivity contribution >= 4 is 0 Å². The summed E-state index contributed by atoms with van der Waals surface area (Å²) in [7, 11) is 0. The molecule has 0 saturated carbocycles. The molecule has 0 fully saturated rings. The van der Waals surface area contributed by atoms with Crippen molar-refractivity contribution in [3.05, 3.63) is 35.4 Å². The molecule has 1 aromatic carbocycles. The van der Waals surface area contributed by atoms with Gasteiger partial charge in [-0.05, 0) is 25.0 Å². The highest BCUT2D eigenvalue weighted by Crippen LogP contribution is 2.17. The van der Waals surface area contributed by atoms with Crippen LogP contribution in [0.1, 0.15) is 24.2 Å². The molecule has 0 aromatic heterocycles. The van der Waals surface area contributed by atoms with Gasteiger partial charge in [-0.15, -0.1) is 0 Å². The highest BCUT2D eigenvalue weighted by atomic mass is 16.6. The van der Waals surface area contributed by atoms with Crippen LogP contribution in [0.3, 0.4) is 0 Å². The number of nitrogens with two attached hydrogens (primary N) is 1. The van der Waals surface area contributed by atoms with Gasteiger partial charge in [-0.25, -0.2) is 5.90 Å². The third-order valence-electron chi connectivity index (χ3n) is 1.83. The van der Waals surface area contributed by atoms with E-state index in [0.29, 0.717) is 0 Å². The molecule has 0 spiro atoms. The molecule has 60 valence electrons. The lowest BCUT2D eigenvalue weighted by Gasteiger charge is -2.10. The third kappa shape index (κ3) is 1.79. The van der Waals surface area contributed by atoms with Gasteiger partial charge in [0, 0.05) is 0 Å². The van der Waals surface area contributed by atoms with Crippen molar-refractivity contribution in [1.82, 2.24) is 0 Å². The van der Waals surface area contributed by atoms with E-state index in [1.807, 2.05) is 38.1 Å². The van der Waals surface area contributed by atoms with Crippen molar-refractivity contribution in [1.29, 1.82) is 0 Å². The third-order valence-corrected chi connectivity index (χ3v) is 1.83. The first-order valence-corrected chi connectivity index (χ1v) is 3.66. The number of hydrogen-bond acceptors (Lipinski definition) is 2. The monoisotopic (exact) mass is 151 g/mol. The van der Waals surface area contributed by atoms with Crippen LogP contribution in [0.25, 0.3) is 0 Å². The Bertz CT molecular complexity index is 235. The Labute approximate surface area is 66.9 Å². The van der Waals surface area contributed by atoms with Crippen LogP contribution >= 0.6 is 0 Å². The standard InChI is InChI=1S/C9H13NO/c1-7-5-3-4-6-9(7)8(2)11-10/h3-6,8H,10H2,1-2H3. The topological polar surface area (TPSA) is 35.2 Å². The van der Waals surface area contributed by atoms with Gasteiger partial charge in [-0.3, -0.25) is 4.84 Å². The van der Waals surface area contributed by atoms with E-state index >= 15 is 0 Å². The fourth-order valence-corrected chi connectivity index (χ4v) is 1.12. The maximum atomic E-state index is 5.07. The van der Waals surface area contributed by atoms with Crippen LogP contribution in [-0.4, -0.2) is 0 Å². The molecule has 1 aromatic rings. The van der Waals surface area contributed by atoms with E-state index in [4.69, 9.17) is 10.7 Å². The normalized spacial score (nSPS) is 13.0. The molecule has 0 radical (unpaired) electrons. The van der Waals surface area contributed by atoms with Gasteiger partial charge < -0.3 is 0 Å². The zero-order valence-electron chi connectivity index (χ0n) is 6.87. The molecule has 1 unspecified atom stereocenters. The largest absolute Gasteiger partial charge is 0.297 e. The Hall–Kier alpha value is -0.860. The lowest BCUT2D eigenvalue weighted by atomic mass is 10.1. The minimum atomic E-state index is -0.0174. The first-order valence-electron chi connectivity index (χ1n) is 3.66. The summed E-state index contributed by atoms with van der Waals surface area (Å²) in [6.45, 7) is 3.98. The number of hydrogen-bond donors (Lipinski definition) is 1. The average Bonchev–Trinajstić information content (AvgIpc) is 2.04. The first-order chi connectivity index (χ1) is 5.25. The second kappa shape index (κ2) is 3.51. The summed E-state index contributed by atoms with van der Waals surface area (Å²) in [5, 5.41) is 0. The molecule has 0 saturated heterocycles. The number of aryl methyl sites for hydroxylation is 1. The Morgan fingerprint density at radius 3 is 2.55 bits per heavy atom. The van der Waals surface area contributed by atoms with Crippen molar-refractivity contribution in [2.24, 2.45) is 5.90 Å². The molecule has 2 nitrogen and oxygen atoms in total. The Kier molecular flexibility index (Phi) is 2.63. The highest BCUT2D eigenvalue weighted by Gasteiger charge is 2.05. The van der Waals surface area contributed by atoms with Crippen LogP contribution in [0.5, 0.6) is 0 Å². The van der Waals surface area contributed by atoms with Gasteiger partial charge in [-0.1, -0.05) is 24.3 Å². The van der Waals surface area contributed by atoms with Crippen LogP contribution in [0.2, 0.25) is 0 Å². The molecule has 2 heteroatoms. The van der Waals surface area contributed by atoms with Crippen LogP contribution in [0.15, 0.2) is 24.3 Å². The van der Waals surface area contributed by atoms with E-state index in [0.717, 1.165) is 5.56 Å². The van der Waals surface area contributed by atoms with Crippen molar-refractivity contribution in [2.45, 2.75) is 20.0 Å². The first kappa shape index (κ1) is 8.24. The Balaban J connectivity index is 2.93. The van der Waals surface area contributed by atoms with E-state index in [9.17, 15) is 0 Å². The minimum Gasteiger partial charge on any atom is -0.297 e. The zero-order chi connectivity index (χ0) is 8.27. The van der Waals surface area contributed by atoms with Gasteiger partial charge >= 0.3 is 0 Å². The molecular weight excluding hydrogens is 138 g/mol. The minimum absolute atomic E-state index is 0.0174. The number of benzene rings is 1. The summed E-state index contributed by atoms with van der Waals surface area (Å²) >= 11 is 0. The molecule has 0 aliphatic rings. The van der Waals surface area contributed by atoms with Crippen LogP contribution in [0.4, 0.5) is 0 Å². The van der Waals surface area contributed by atoms with E-state index in [1.165, 1.54) is 5.56 Å². The van der Waals surface area contributed by atoms with Gasteiger partial charge in [0.15, 0.2) is 0 Å². The summed E-state index contributed by atoms with van der Waals surface area (Å²) in [5.41, 5.74) is 2.36. The predicted molar refractivity (Wildman–Crippen MR) is 44.9 cm³/mol. The molecule has 1 atom stereocenters. The quantitative estimate of drug-likeness (QED) is 0.655. The SMILES string of the molecule is Cc1ccccc1C(C)ON. The lowest BCUT2D eigenvalue weighted by Crippen LogP contribution is -2.06. The molecule has 1 rings (SSSR count). The molecule has 0 heterocycles. The van der Waals surface area contributed by atoms with Crippen molar-refractivity contribution in [3.8, 4) is 0 Å². The van der Waals surface area contributed by atoms with Gasteiger partial charge in [0.2, 0.25) is 0 Å². The Morgan fingerprint density at radius 2 is 2.00 bits per heavy atom. The molecule has 0 aliphatic heterocycles. The van der Waals surface area contributed by atoms with Crippen molar-refractivity contribution < 1.29 is 4.84 Å².